The second-order valence-electron chi connectivity index (χ2n) is 6.28. The van der Waals surface area contributed by atoms with Gasteiger partial charge in [-0.05, 0) is 24.3 Å². The van der Waals surface area contributed by atoms with Crippen molar-refractivity contribution in [1.29, 1.82) is 0 Å². The van der Waals surface area contributed by atoms with E-state index >= 15 is 0 Å². The molecule has 4 aromatic rings. The van der Waals surface area contributed by atoms with E-state index in [9.17, 15) is 22.8 Å². The van der Waals surface area contributed by atoms with Gasteiger partial charge in [-0.2, -0.15) is 0 Å². The molecule has 1 aromatic carbocycles. The smallest absolute Gasteiger partial charge is 0.363 e. The molecule has 4 rings (SSSR count). The molecule has 3 heterocycles. The van der Waals surface area contributed by atoms with Crippen LogP contribution >= 0.6 is 11.6 Å². The molecule has 0 aliphatic rings. The van der Waals surface area contributed by atoms with Crippen LogP contribution in [0.25, 0.3) is 11.2 Å². The molecule has 33 heavy (non-hydrogen) atoms. The van der Waals surface area contributed by atoms with Gasteiger partial charge in [0.25, 0.3) is 0 Å². The first-order valence-electron chi connectivity index (χ1n) is 8.72. The molecule has 0 fully saturated rings. The van der Waals surface area contributed by atoms with Crippen molar-refractivity contribution in [3.8, 4) is 0 Å². The molecule has 0 spiro atoms. The second kappa shape index (κ2) is 9.19. The van der Waals surface area contributed by atoms with E-state index in [0.717, 1.165) is 6.07 Å². The first-order chi connectivity index (χ1) is 15.5. The van der Waals surface area contributed by atoms with E-state index in [-0.39, 0.29) is 38.7 Å². The number of aromatic amines is 2. The number of hydrogen-bond acceptors (Lipinski definition) is 9. The Morgan fingerprint density at radius 3 is 2.67 bits per heavy atom. The zero-order valence-electron chi connectivity index (χ0n) is 16.3. The molecule has 0 aliphatic heterocycles. The highest BCUT2D eigenvalue weighted by atomic mass is 35.5. The van der Waals surface area contributed by atoms with Crippen molar-refractivity contribution < 1.29 is 27.9 Å². The summed E-state index contributed by atoms with van der Waals surface area (Å²) in [7, 11) is -4.11. The predicted octanol–water partition coefficient (Wildman–Crippen LogP) is 0.541. The van der Waals surface area contributed by atoms with Crippen molar-refractivity contribution in [2.45, 2.75) is 11.4 Å². The fourth-order valence-electron chi connectivity index (χ4n) is 2.59. The van der Waals surface area contributed by atoms with Crippen molar-refractivity contribution in [1.82, 2.24) is 19.7 Å². The number of rotatable bonds is 5. The van der Waals surface area contributed by atoms with E-state index < -0.39 is 32.1 Å². The fourth-order valence-corrected chi connectivity index (χ4v) is 3.69. The molecular formula is C17H15ClN6O8S. The first kappa shape index (κ1) is 23.6. The summed E-state index contributed by atoms with van der Waals surface area (Å²) in [6.07, 6.45) is 2.73. The zero-order chi connectivity index (χ0) is 24.3. The zero-order valence-corrected chi connectivity index (χ0v) is 17.8. The number of aromatic carboxylic acids is 1. The molecule has 3 aromatic heterocycles. The van der Waals surface area contributed by atoms with E-state index in [1.54, 1.807) is 12.1 Å². The third-order valence-electron chi connectivity index (χ3n) is 4.11. The third-order valence-corrected chi connectivity index (χ3v) is 5.48. The van der Waals surface area contributed by atoms with E-state index in [1.165, 1.54) is 18.7 Å². The lowest BCUT2D eigenvalue weighted by molar-refractivity contribution is 0.0697. The number of anilines is 1. The number of fused-ring (bicyclic) bond motifs is 1. The lowest BCUT2D eigenvalue weighted by Crippen LogP contribution is -2.33. The van der Waals surface area contributed by atoms with Gasteiger partial charge in [-0.15, -0.1) is 0 Å². The number of H-pyrrole nitrogens is 2. The number of nitrogens with one attached hydrogen (secondary N) is 3. The maximum Gasteiger partial charge on any atom is 0.363 e. The third kappa shape index (κ3) is 5.22. The number of nitrogens with zero attached hydrogens (tertiary/aromatic N) is 2. The minimum atomic E-state index is -4.11. The summed E-state index contributed by atoms with van der Waals surface area (Å²) in [6, 6.07) is 5.51. The number of carboxylic acid groups (broad SMARTS) is 1. The Morgan fingerprint density at radius 2 is 2.06 bits per heavy atom. The predicted molar refractivity (Wildman–Crippen MR) is 114 cm³/mol. The van der Waals surface area contributed by atoms with Crippen molar-refractivity contribution in [2.24, 2.45) is 5.14 Å². The minimum Gasteiger partial charge on any atom is -0.478 e. The van der Waals surface area contributed by atoms with E-state index in [2.05, 4.69) is 20.3 Å². The van der Waals surface area contributed by atoms with Gasteiger partial charge >= 0.3 is 17.2 Å². The number of hydrogen-bond donors (Lipinski definition) is 6. The SMILES string of the molecule is NS(=O)(=O)c1cc(C(=O)O)c(NCc2ccco2)cc1Cl.O=c1[nH]c2nc[nH]c2c(=O)n1O. The Bertz CT molecular complexity index is 1540. The van der Waals surface area contributed by atoms with Crippen LogP contribution in [0.1, 0.15) is 16.1 Å². The van der Waals surface area contributed by atoms with Gasteiger partial charge in [-0.3, -0.25) is 9.78 Å². The number of sulfonamides is 1. The first-order valence-corrected chi connectivity index (χ1v) is 10.6. The normalized spacial score (nSPS) is 11.1. The molecule has 174 valence electrons. The molecule has 0 aliphatic carbocycles. The van der Waals surface area contributed by atoms with Crippen LogP contribution in [0.15, 0.2) is 55.8 Å². The summed E-state index contributed by atoms with van der Waals surface area (Å²) >= 11 is 5.84. The summed E-state index contributed by atoms with van der Waals surface area (Å²) in [5.74, 6) is -0.725. The molecular weight excluding hydrogens is 484 g/mol. The number of imidazole rings is 1. The number of halogens is 1. The second-order valence-corrected chi connectivity index (χ2v) is 8.22. The van der Waals surface area contributed by atoms with Gasteiger partial charge < -0.3 is 25.0 Å². The van der Waals surface area contributed by atoms with Crippen LogP contribution in [0.2, 0.25) is 5.02 Å². The van der Waals surface area contributed by atoms with Gasteiger partial charge in [0.15, 0.2) is 11.2 Å². The molecule has 0 atom stereocenters. The van der Waals surface area contributed by atoms with Crippen LogP contribution in [-0.2, 0) is 16.6 Å². The summed E-state index contributed by atoms with van der Waals surface area (Å²) < 4.78 is 27.8. The Morgan fingerprint density at radius 1 is 1.33 bits per heavy atom. The molecule has 14 nitrogen and oxygen atoms in total. The summed E-state index contributed by atoms with van der Waals surface area (Å²) in [4.78, 5) is 40.9. The van der Waals surface area contributed by atoms with E-state index in [4.69, 9.17) is 31.5 Å². The van der Waals surface area contributed by atoms with Crippen LogP contribution in [-0.4, -0.2) is 44.4 Å². The topological polar surface area (TPSA) is 226 Å². The number of furan rings is 1. The highest BCUT2D eigenvalue weighted by Crippen LogP contribution is 2.28. The molecule has 0 bridgehead atoms. The Labute approximate surface area is 188 Å². The average Bonchev–Trinajstić information content (AvgIpc) is 3.42. The van der Waals surface area contributed by atoms with E-state index in [1.807, 2.05) is 0 Å². The largest absolute Gasteiger partial charge is 0.478 e. The summed E-state index contributed by atoms with van der Waals surface area (Å²) in [5, 5.41) is 25.6. The van der Waals surface area contributed by atoms with Crippen molar-refractivity contribution in [3.05, 3.63) is 74.0 Å². The Balaban J connectivity index is 0.000000215. The summed E-state index contributed by atoms with van der Waals surface area (Å²) in [5.41, 5.74) is -1.61. The number of nitrogens with two attached hydrogens (primary N) is 1. The van der Waals surface area contributed by atoms with Crippen LogP contribution in [0, 0.1) is 0 Å². The molecule has 0 unspecified atom stereocenters. The number of benzene rings is 1. The van der Waals surface area contributed by atoms with Gasteiger partial charge in [0.1, 0.15) is 10.7 Å². The van der Waals surface area contributed by atoms with Gasteiger partial charge in [0.05, 0.1) is 35.4 Å². The minimum absolute atomic E-state index is 0.0134. The van der Waals surface area contributed by atoms with Crippen LogP contribution in [0.3, 0.4) is 0 Å². The molecule has 0 saturated carbocycles. The quantitative estimate of drug-likeness (QED) is 0.209. The van der Waals surface area contributed by atoms with Crippen molar-refractivity contribution in [3.63, 3.8) is 0 Å². The Hall–Kier alpha value is -4.08. The monoisotopic (exact) mass is 498 g/mol. The highest BCUT2D eigenvalue weighted by Gasteiger charge is 2.20. The molecule has 0 amide bonds. The maximum atomic E-state index is 11.3. The lowest BCUT2D eigenvalue weighted by Gasteiger charge is -2.11. The van der Waals surface area contributed by atoms with Crippen LogP contribution in [0.4, 0.5) is 5.69 Å². The van der Waals surface area contributed by atoms with E-state index in [0.29, 0.717) is 5.76 Å². The fraction of sp³-hybridized carbons (Fsp3) is 0.0588. The number of carbonyl (C=O) groups is 1. The standard InChI is InChI=1S/C12H11ClN2O5S.C5H4N4O3/c13-9-5-10(15-6-7-2-1-3-20-7)8(12(16)17)4-11(9)21(14,18)19;10-4-2-3(7-1-6-2)8-5(11)9(4)12/h1-5,15H,6H2,(H,16,17)(H2,14,18,19);1,12H,(H,6,7)(H,8,11). The molecule has 7 N–H and O–H groups in total. The van der Waals surface area contributed by atoms with Gasteiger partial charge in [0, 0.05) is 0 Å². The molecule has 0 radical (unpaired) electrons. The highest BCUT2D eigenvalue weighted by molar-refractivity contribution is 7.89. The van der Waals surface area contributed by atoms with Crippen LogP contribution in [0.5, 0.6) is 0 Å². The van der Waals surface area contributed by atoms with Crippen LogP contribution < -0.4 is 21.7 Å². The maximum absolute atomic E-state index is 11.3. The van der Waals surface area contributed by atoms with Gasteiger partial charge in [-0.25, -0.2) is 28.1 Å². The number of carboxylic acids is 1. The average molecular weight is 499 g/mol. The lowest BCUT2D eigenvalue weighted by atomic mass is 10.1. The number of aromatic nitrogens is 4. The van der Waals surface area contributed by atoms with Crippen molar-refractivity contribution >= 4 is 44.4 Å². The molecule has 16 heteroatoms. The Kier molecular flexibility index (Phi) is 6.57. The van der Waals surface area contributed by atoms with Gasteiger partial charge in [0.2, 0.25) is 10.0 Å². The molecule has 0 saturated heterocycles. The summed E-state index contributed by atoms with van der Waals surface area (Å²) in [6.45, 7) is 0.221. The van der Waals surface area contributed by atoms with Crippen molar-refractivity contribution in [2.75, 3.05) is 5.32 Å². The number of primary sulfonamides is 1. The van der Waals surface area contributed by atoms with Gasteiger partial charge in [-0.1, -0.05) is 16.3 Å².